The Kier molecular flexibility index (Phi) is 6.09. The van der Waals surface area contributed by atoms with Gasteiger partial charge >= 0.3 is 0 Å². The van der Waals surface area contributed by atoms with Crippen molar-refractivity contribution in [1.29, 1.82) is 0 Å². The Morgan fingerprint density at radius 1 is 1.06 bits per heavy atom. The minimum Gasteiger partial charge on any atom is -0.506 e. The van der Waals surface area contributed by atoms with Crippen LogP contribution in [0, 0.1) is 13.8 Å². The molecule has 1 amide bonds. The van der Waals surface area contributed by atoms with Crippen molar-refractivity contribution in [2.45, 2.75) is 20.5 Å². The van der Waals surface area contributed by atoms with Crippen molar-refractivity contribution in [1.82, 2.24) is 5.32 Å². The largest absolute Gasteiger partial charge is 0.506 e. The summed E-state index contributed by atoms with van der Waals surface area (Å²) in [6, 6.07) is 21.0. The van der Waals surface area contributed by atoms with Crippen LogP contribution in [-0.4, -0.2) is 16.2 Å². The van der Waals surface area contributed by atoms with E-state index in [-0.39, 0.29) is 11.7 Å². The number of carbonyl (C=O) groups excluding carboxylic acids is 1. The number of aryl methyl sites for hydroxylation is 2. The van der Waals surface area contributed by atoms with Gasteiger partial charge in [0.25, 0.3) is 5.91 Å². The number of hydrogen-bond acceptors (Lipinski definition) is 5. The summed E-state index contributed by atoms with van der Waals surface area (Å²) >= 11 is 1.24. The van der Waals surface area contributed by atoms with Crippen LogP contribution in [0.1, 0.15) is 22.3 Å². The molecule has 4 rings (SSSR count). The summed E-state index contributed by atoms with van der Waals surface area (Å²) in [4.78, 5) is 17.3. The third kappa shape index (κ3) is 5.16. The number of hydrogen-bond donors (Lipinski definition) is 2. The zero-order chi connectivity index (χ0) is 21.8. The summed E-state index contributed by atoms with van der Waals surface area (Å²) in [5.74, 6) is 0.595. The van der Waals surface area contributed by atoms with Gasteiger partial charge in [0, 0.05) is 0 Å². The number of amides is 1. The monoisotopic (exact) mass is 430 g/mol. The number of carbonyl (C=O) groups is 1. The average Bonchev–Trinajstić information content (AvgIpc) is 3.09. The summed E-state index contributed by atoms with van der Waals surface area (Å²) in [6.45, 7) is 4.39. The maximum atomic E-state index is 12.4. The van der Waals surface area contributed by atoms with Crippen LogP contribution < -0.4 is 10.1 Å². The van der Waals surface area contributed by atoms with Gasteiger partial charge in [-0.1, -0.05) is 54.1 Å². The van der Waals surface area contributed by atoms with Crippen molar-refractivity contribution < 1.29 is 14.6 Å². The van der Waals surface area contributed by atoms with E-state index in [0.29, 0.717) is 22.4 Å². The van der Waals surface area contributed by atoms with Gasteiger partial charge < -0.3 is 15.2 Å². The van der Waals surface area contributed by atoms with Crippen molar-refractivity contribution in [2.75, 3.05) is 0 Å². The van der Waals surface area contributed by atoms with Gasteiger partial charge in [-0.3, -0.25) is 4.79 Å². The Morgan fingerprint density at radius 3 is 2.61 bits per heavy atom. The first-order chi connectivity index (χ1) is 15.0. The Balaban J connectivity index is 1.48. The van der Waals surface area contributed by atoms with Crippen LogP contribution in [0.25, 0.3) is 6.08 Å². The molecule has 0 aliphatic carbocycles. The first-order valence-corrected chi connectivity index (χ1v) is 10.7. The SMILES string of the molecule is Cc1ccc(COc2cccc(/C=C3\SC(=Nc4c(C)cccc4O)NC3=O)c2)cc1. The zero-order valence-corrected chi connectivity index (χ0v) is 18.1. The van der Waals surface area contributed by atoms with E-state index in [4.69, 9.17) is 4.74 Å². The van der Waals surface area contributed by atoms with E-state index in [0.717, 1.165) is 22.4 Å². The lowest BCUT2D eigenvalue weighted by atomic mass is 10.1. The lowest BCUT2D eigenvalue weighted by Gasteiger charge is -2.07. The first-order valence-electron chi connectivity index (χ1n) is 9.84. The van der Waals surface area contributed by atoms with Gasteiger partial charge in [-0.15, -0.1) is 0 Å². The highest BCUT2D eigenvalue weighted by Gasteiger charge is 2.24. The van der Waals surface area contributed by atoms with Gasteiger partial charge in [-0.25, -0.2) is 4.99 Å². The van der Waals surface area contributed by atoms with Crippen LogP contribution in [0.2, 0.25) is 0 Å². The van der Waals surface area contributed by atoms with Gasteiger partial charge in [0.15, 0.2) is 5.17 Å². The second kappa shape index (κ2) is 9.10. The molecule has 2 N–H and O–H groups in total. The maximum absolute atomic E-state index is 12.4. The summed E-state index contributed by atoms with van der Waals surface area (Å²) in [6.07, 6.45) is 1.80. The summed E-state index contributed by atoms with van der Waals surface area (Å²) in [7, 11) is 0. The van der Waals surface area contributed by atoms with E-state index in [1.807, 2.05) is 49.4 Å². The van der Waals surface area contributed by atoms with E-state index >= 15 is 0 Å². The normalized spacial score (nSPS) is 16.0. The summed E-state index contributed by atoms with van der Waals surface area (Å²) in [5, 5.41) is 13.2. The number of para-hydroxylation sites is 1. The van der Waals surface area contributed by atoms with E-state index in [1.54, 1.807) is 18.2 Å². The fourth-order valence-corrected chi connectivity index (χ4v) is 3.90. The summed E-state index contributed by atoms with van der Waals surface area (Å²) in [5.41, 5.74) is 4.46. The lowest BCUT2D eigenvalue weighted by Crippen LogP contribution is -2.19. The molecule has 1 aliphatic rings. The van der Waals surface area contributed by atoms with Crippen LogP contribution in [0.3, 0.4) is 0 Å². The van der Waals surface area contributed by atoms with E-state index in [1.165, 1.54) is 17.3 Å². The molecule has 0 radical (unpaired) electrons. The fraction of sp³-hybridized carbons (Fsp3) is 0.120. The molecule has 31 heavy (non-hydrogen) atoms. The van der Waals surface area contributed by atoms with Gasteiger partial charge in [-0.05, 0) is 66.6 Å². The standard InChI is InChI=1S/C25H22N2O3S/c1-16-9-11-18(12-10-16)15-30-20-7-4-6-19(13-20)14-22-24(29)27-25(31-22)26-23-17(2)5-3-8-21(23)28/h3-14,28H,15H2,1-2H3,(H,26,27,29)/b22-14-. The quantitative estimate of drug-likeness (QED) is 0.526. The number of benzene rings is 3. The lowest BCUT2D eigenvalue weighted by molar-refractivity contribution is -0.115. The zero-order valence-electron chi connectivity index (χ0n) is 17.3. The van der Waals surface area contributed by atoms with Crippen molar-refractivity contribution in [2.24, 2.45) is 4.99 Å². The smallest absolute Gasteiger partial charge is 0.264 e. The molecule has 1 saturated heterocycles. The molecule has 1 heterocycles. The second-order valence-corrected chi connectivity index (χ2v) is 8.30. The predicted octanol–water partition coefficient (Wildman–Crippen LogP) is 5.48. The molecular formula is C25H22N2O3S. The number of nitrogens with one attached hydrogen (secondary N) is 1. The Labute approximate surface area is 185 Å². The van der Waals surface area contributed by atoms with Gasteiger partial charge in [0.1, 0.15) is 23.8 Å². The van der Waals surface area contributed by atoms with Crippen molar-refractivity contribution in [3.05, 3.63) is 93.9 Å². The number of rotatable bonds is 5. The molecule has 5 nitrogen and oxygen atoms in total. The molecule has 0 spiro atoms. The summed E-state index contributed by atoms with van der Waals surface area (Å²) < 4.78 is 5.90. The van der Waals surface area contributed by atoms with Crippen molar-refractivity contribution >= 4 is 34.6 Å². The number of amidine groups is 1. The predicted molar refractivity (Wildman–Crippen MR) is 126 cm³/mol. The Bertz CT molecular complexity index is 1160. The van der Waals surface area contributed by atoms with Crippen LogP contribution >= 0.6 is 11.8 Å². The highest BCUT2D eigenvalue weighted by Crippen LogP contribution is 2.34. The van der Waals surface area contributed by atoms with Crippen LogP contribution in [0.15, 0.2) is 76.6 Å². The molecule has 0 bridgehead atoms. The topological polar surface area (TPSA) is 70.9 Å². The molecule has 3 aromatic carbocycles. The number of thioether (sulfide) groups is 1. The molecular weight excluding hydrogens is 408 g/mol. The first kappa shape index (κ1) is 20.8. The van der Waals surface area contributed by atoms with Gasteiger partial charge in [0.05, 0.1) is 4.91 Å². The third-order valence-corrected chi connectivity index (χ3v) is 5.67. The number of ether oxygens (including phenoxy) is 1. The average molecular weight is 431 g/mol. The highest BCUT2D eigenvalue weighted by atomic mass is 32.2. The van der Waals surface area contributed by atoms with Gasteiger partial charge in [-0.2, -0.15) is 0 Å². The molecule has 6 heteroatoms. The number of phenolic OH excluding ortho intramolecular Hbond substituents is 1. The van der Waals surface area contributed by atoms with E-state index in [9.17, 15) is 9.90 Å². The molecule has 1 aliphatic heterocycles. The molecule has 3 aromatic rings. The second-order valence-electron chi connectivity index (χ2n) is 7.27. The van der Waals surface area contributed by atoms with Crippen LogP contribution in [0.5, 0.6) is 11.5 Å². The van der Waals surface area contributed by atoms with Crippen molar-refractivity contribution in [3.63, 3.8) is 0 Å². The molecule has 156 valence electrons. The number of nitrogens with zero attached hydrogens (tertiary/aromatic N) is 1. The molecule has 0 atom stereocenters. The Hall–Kier alpha value is -3.51. The highest BCUT2D eigenvalue weighted by molar-refractivity contribution is 8.18. The number of phenols is 1. The van der Waals surface area contributed by atoms with Crippen molar-refractivity contribution in [3.8, 4) is 11.5 Å². The molecule has 1 fully saturated rings. The van der Waals surface area contributed by atoms with Gasteiger partial charge in [0.2, 0.25) is 0 Å². The molecule has 0 aromatic heterocycles. The van der Waals surface area contributed by atoms with E-state index in [2.05, 4.69) is 29.4 Å². The molecule has 0 unspecified atom stereocenters. The van der Waals surface area contributed by atoms with Crippen LogP contribution in [0.4, 0.5) is 5.69 Å². The minimum absolute atomic E-state index is 0.0817. The van der Waals surface area contributed by atoms with E-state index < -0.39 is 0 Å². The minimum atomic E-state index is -0.220. The molecule has 0 saturated carbocycles. The number of aliphatic imine (C=N–C) groups is 1. The Morgan fingerprint density at radius 2 is 1.84 bits per heavy atom. The third-order valence-electron chi connectivity index (χ3n) is 4.76. The fourth-order valence-electron chi connectivity index (χ4n) is 3.07. The van der Waals surface area contributed by atoms with Crippen LogP contribution in [-0.2, 0) is 11.4 Å². The maximum Gasteiger partial charge on any atom is 0.264 e. The number of aromatic hydroxyl groups is 1.